The monoisotopic (exact) mass is 230 g/mol. The second kappa shape index (κ2) is 5.29. The Morgan fingerprint density at radius 3 is 2.57 bits per heavy atom. The van der Waals surface area contributed by atoms with Crippen LogP contribution in [0.3, 0.4) is 0 Å². The Balaban J connectivity index is 0.00000169. The summed E-state index contributed by atoms with van der Waals surface area (Å²) in [5, 5.41) is 5.79. The fourth-order valence-corrected chi connectivity index (χ4v) is 1.45. The van der Waals surface area contributed by atoms with Gasteiger partial charge in [-0.1, -0.05) is 5.11 Å². The van der Waals surface area contributed by atoms with Crippen LogP contribution in [0.1, 0.15) is 0 Å². The zero-order valence-corrected chi connectivity index (χ0v) is 7.98. The second-order valence-electron chi connectivity index (χ2n) is 2.98. The van der Waals surface area contributed by atoms with Crippen LogP contribution in [-0.4, -0.2) is 25.8 Å². The van der Waals surface area contributed by atoms with E-state index in [-0.39, 0.29) is 32.0 Å². The minimum absolute atomic E-state index is 0. The van der Waals surface area contributed by atoms with Crippen molar-refractivity contribution in [1.82, 2.24) is 5.32 Å². The van der Waals surface area contributed by atoms with Crippen molar-refractivity contribution in [2.24, 2.45) is 17.0 Å². The predicted octanol–water partition coefficient (Wildman–Crippen LogP) is 2.12. The van der Waals surface area contributed by atoms with E-state index < -0.39 is 18.0 Å². The number of alkyl halides is 3. The van der Waals surface area contributed by atoms with Gasteiger partial charge >= 0.3 is 6.18 Å². The molecule has 1 rings (SSSR count). The lowest BCUT2D eigenvalue weighted by Gasteiger charge is -2.19. The third kappa shape index (κ3) is 3.25. The molecule has 1 fully saturated rings. The van der Waals surface area contributed by atoms with Gasteiger partial charge in [-0.3, -0.25) is 0 Å². The first kappa shape index (κ1) is 13.4. The molecule has 0 amide bonds. The highest BCUT2D eigenvalue weighted by Crippen LogP contribution is 2.34. The molecular formula is C6H10ClF3N4. The maximum atomic E-state index is 12.3. The minimum atomic E-state index is -4.20. The van der Waals surface area contributed by atoms with Crippen LogP contribution < -0.4 is 5.32 Å². The molecule has 1 N–H and O–H groups in total. The lowest BCUT2D eigenvalue weighted by atomic mass is 9.96. The molecule has 0 radical (unpaired) electrons. The fraction of sp³-hybridized carbons (Fsp3) is 1.00. The molecule has 4 nitrogen and oxygen atoms in total. The standard InChI is InChI=1S/C6H9F3N4.ClH/c7-6(8,9)5-3-11-1-4(5)2-12-13-10;/h4-5,11H,1-3H2;1H/t4-,5+;/m0./s1. The average Bonchev–Trinajstić information content (AvgIpc) is 2.47. The number of nitrogens with zero attached hydrogens (tertiary/aromatic N) is 3. The molecule has 82 valence electrons. The number of rotatable bonds is 2. The Bertz CT molecular complexity index is 226. The summed E-state index contributed by atoms with van der Waals surface area (Å²) in [4.78, 5) is 2.45. The van der Waals surface area contributed by atoms with Gasteiger partial charge in [-0.05, 0) is 18.0 Å². The van der Waals surface area contributed by atoms with Gasteiger partial charge in [0.2, 0.25) is 0 Å². The average molecular weight is 231 g/mol. The molecule has 1 heterocycles. The van der Waals surface area contributed by atoms with Crippen LogP contribution in [0.15, 0.2) is 5.11 Å². The third-order valence-electron chi connectivity index (χ3n) is 2.14. The van der Waals surface area contributed by atoms with Gasteiger partial charge in [-0.25, -0.2) is 0 Å². The van der Waals surface area contributed by atoms with E-state index in [4.69, 9.17) is 5.53 Å². The highest BCUT2D eigenvalue weighted by Gasteiger charge is 2.46. The second-order valence-corrected chi connectivity index (χ2v) is 2.98. The van der Waals surface area contributed by atoms with E-state index >= 15 is 0 Å². The summed E-state index contributed by atoms with van der Waals surface area (Å²) in [6.07, 6.45) is -4.20. The van der Waals surface area contributed by atoms with Gasteiger partial charge in [0.25, 0.3) is 0 Å². The van der Waals surface area contributed by atoms with E-state index in [2.05, 4.69) is 15.3 Å². The first-order valence-electron chi connectivity index (χ1n) is 3.84. The summed E-state index contributed by atoms with van der Waals surface area (Å²) >= 11 is 0. The van der Waals surface area contributed by atoms with Crippen LogP contribution in [0.5, 0.6) is 0 Å². The zero-order chi connectivity index (χ0) is 9.90. The normalized spacial score (nSPS) is 26.5. The fourth-order valence-electron chi connectivity index (χ4n) is 1.45. The molecule has 1 aliphatic rings. The van der Waals surface area contributed by atoms with Gasteiger partial charge in [0, 0.05) is 18.0 Å². The molecule has 0 aromatic carbocycles. The Morgan fingerprint density at radius 1 is 1.43 bits per heavy atom. The van der Waals surface area contributed by atoms with Gasteiger partial charge in [0.15, 0.2) is 0 Å². The van der Waals surface area contributed by atoms with Crippen LogP contribution in [0.4, 0.5) is 13.2 Å². The van der Waals surface area contributed by atoms with Crippen molar-refractivity contribution in [2.45, 2.75) is 6.18 Å². The maximum Gasteiger partial charge on any atom is 0.393 e. The molecule has 8 heteroatoms. The number of halogens is 4. The van der Waals surface area contributed by atoms with Crippen LogP contribution >= 0.6 is 12.4 Å². The molecule has 2 atom stereocenters. The molecule has 0 aromatic heterocycles. The smallest absolute Gasteiger partial charge is 0.316 e. The van der Waals surface area contributed by atoms with E-state index in [1.807, 2.05) is 0 Å². The van der Waals surface area contributed by atoms with Gasteiger partial charge in [0.05, 0.1) is 5.92 Å². The van der Waals surface area contributed by atoms with E-state index in [9.17, 15) is 13.2 Å². The number of hydrogen-bond donors (Lipinski definition) is 1. The van der Waals surface area contributed by atoms with E-state index in [0.29, 0.717) is 0 Å². The Kier molecular flexibility index (Phi) is 5.04. The number of nitrogens with one attached hydrogen (secondary N) is 1. The molecule has 14 heavy (non-hydrogen) atoms. The Labute approximate surface area is 84.9 Å². The summed E-state index contributed by atoms with van der Waals surface area (Å²) in [6, 6.07) is 0. The third-order valence-corrected chi connectivity index (χ3v) is 2.14. The van der Waals surface area contributed by atoms with Crippen LogP contribution in [0.2, 0.25) is 0 Å². The highest BCUT2D eigenvalue weighted by atomic mass is 35.5. The molecule has 0 aromatic rings. The molecule has 1 saturated heterocycles. The Hall–Kier alpha value is -0.650. The van der Waals surface area contributed by atoms with Gasteiger partial charge in [-0.2, -0.15) is 13.2 Å². The number of hydrogen-bond acceptors (Lipinski definition) is 2. The van der Waals surface area contributed by atoms with E-state index in [1.54, 1.807) is 0 Å². The van der Waals surface area contributed by atoms with Crippen molar-refractivity contribution in [3.8, 4) is 0 Å². The number of azide groups is 1. The Morgan fingerprint density at radius 2 is 2.07 bits per heavy atom. The van der Waals surface area contributed by atoms with Gasteiger partial charge in [0.1, 0.15) is 0 Å². The summed E-state index contributed by atoms with van der Waals surface area (Å²) in [6.45, 7) is 0.103. The topological polar surface area (TPSA) is 60.8 Å². The SMILES string of the molecule is Cl.[N-]=[N+]=NC[C@@H]1CNC[C@H]1C(F)(F)F. The molecule has 0 bridgehead atoms. The van der Waals surface area contributed by atoms with Crippen LogP contribution in [0.25, 0.3) is 10.4 Å². The van der Waals surface area contributed by atoms with Crippen molar-refractivity contribution in [3.63, 3.8) is 0 Å². The first-order chi connectivity index (χ1) is 6.05. The molecule has 1 aliphatic heterocycles. The van der Waals surface area contributed by atoms with Crippen molar-refractivity contribution in [1.29, 1.82) is 0 Å². The minimum Gasteiger partial charge on any atom is -0.316 e. The first-order valence-corrected chi connectivity index (χ1v) is 3.84. The van der Waals surface area contributed by atoms with E-state index in [0.717, 1.165) is 0 Å². The summed E-state index contributed by atoms with van der Waals surface area (Å²) in [7, 11) is 0. The lowest BCUT2D eigenvalue weighted by Crippen LogP contribution is -2.30. The van der Waals surface area contributed by atoms with Crippen molar-refractivity contribution in [3.05, 3.63) is 10.4 Å². The van der Waals surface area contributed by atoms with Crippen molar-refractivity contribution < 1.29 is 13.2 Å². The predicted molar refractivity (Wildman–Crippen MR) is 47.2 cm³/mol. The zero-order valence-electron chi connectivity index (χ0n) is 7.16. The van der Waals surface area contributed by atoms with Gasteiger partial charge in [-0.15, -0.1) is 12.4 Å². The lowest BCUT2D eigenvalue weighted by molar-refractivity contribution is -0.178. The van der Waals surface area contributed by atoms with E-state index in [1.165, 1.54) is 0 Å². The molecule has 0 unspecified atom stereocenters. The summed E-state index contributed by atoms with van der Waals surface area (Å²) in [5.41, 5.74) is 7.97. The van der Waals surface area contributed by atoms with Crippen LogP contribution in [-0.2, 0) is 0 Å². The summed E-state index contributed by atoms with van der Waals surface area (Å²) in [5.74, 6) is -1.99. The maximum absolute atomic E-state index is 12.3. The molecule has 0 aliphatic carbocycles. The van der Waals surface area contributed by atoms with Crippen LogP contribution in [0, 0.1) is 11.8 Å². The highest BCUT2D eigenvalue weighted by molar-refractivity contribution is 5.85. The summed E-state index contributed by atoms with van der Waals surface area (Å²) < 4.78 is 36.8. The largest absolute Gasteiger partial charge is 0.393 e. The molecular weight excluding hydrogens is 221 g/mol. The van der Waals surface area contributed by atoms with Crippen molar-refractivity contribution >= 4 is 12.4 Å². The quantitative estimate of drug-likeness (QED) is 0.441. The van der Waals surface area contributed by atoms with Gasteiger partial charge < -0.3 is 5.32 Å². The molecule has 0 spiro atoms. The molecule has 0 saturated carbocycles. The van der Waals surface area contributed by atoms with Crippen molar-refractivity contribution in [2.75, 3.05) is 19.6 Å².